The van der Waals surface area contributed by atoms with E-state index in [1.54, 1.807) is 12.4 Å². The van der Waals surface area contributed by atoms with Crippen LogP contribution in [0.4, 0.5) is 11.6 Å². The van der Waals surface area contributed by atoms with Crippen molar-refractivity contribution in [2.75, 3.05) is 17.2 Å². The minimum atomic E-state index is 0.697. The van der Waals surface area contributed by atoms with E-state index in [4.69, 9.17) is 0 Å². The number of pyridine rings is 1. The normalized spacial score (nSPS) is 10.4. The zero-order chi connectivity index (χ0) is 17.3. The van der Waals surface area contributed by atoms with Crippen molar-refractivity contribution >= 4 is 11.6 Å². The maximum absolute atomic E-state index is 4.67. The Morgan fingerprint density at radius 3 is 2.32 bits per heavy atom. The molecule has 0 aliphatic heterocycles. The van der Waals surface area contributed by atoms with E-state index in [9.17, 15) is 0 Å². The molecule has 2 N–H and O–H groups in total. The second-order valence-corrected chi connectivity index (χ2v) is 5.82. The Morgan fingerprint density at radius 2 is 1.60 bits per heavy atom. The van der Waals surface area contributed by atoms with Crippen LogP contribution in [-0.2, 0) is 6.54 Å². The van der Waals surface area contributed by atoms with Gasteiger partial charge in [-0.3, -0.25) is 4.98 Å². The standard InChI is InChI=1S/C20H23N5/c1-2-3-11-22-18-14-19(23-15-16-9-12-21-13-10-16)25-20(24-18)17-7-5-4-6-8-17/h4-10,12-14H,2-3,11,15H2,1H3,(H2,22,23,24,25). The first-order valence-electron chi connectivity index (χ1n) is 8.66. The summed E-state index contributed by atoms with van der Waals surface area (Å²) in [5.74, 6) is 2.38. The zero-order valence-corrected chi connectivity index (χ0v) is 14.4. The van der Waals surface area contributed by atoms with Gasteiger partial charge in [0.05, 0.1) is 0 Å². The fourth-order valence-electron chi connectivity index (χ4n) is 2.43. The number of anilines is 2. The van der Waals surface area contributed by atoms with Crippen LogP contribution in [0.15, 0.2) is 60.9 Å². The van der Waals surface area contributed by atoms with Gasteiger partial charge in [-0.2, -0.15) is 0 Å². The van der Waals surface area contributed by atoms with Crippen LogP contribution in [0.2, 0.25) is 0 Å². The number of nitrogens with zero attached hydrogens (tertiary/aromatic N) is 3. The predicted octanol–water partition coefficient (Wildman–Crippen LogP) is 4.36. The predicted molar refractivity (Wildman–Crippen MR) is 102 cm³/mol. The first-order chi connectivity index (χ1) is 12.3. The minimum Gasteiger partial charge on any atom is -0.370 e. The van der Waals surface area contributed by atoms with Gasteiger partial charge < -0.3 is 10.6 Å². The summed E-state index contributed by atoms with van der Waals surface area (Å²) < 4.78 is 0. The van der Waals surface area contributed by atoms with Crippen molar-refractivity contribution in [3.05, 3.63) is 66.5 Å². The summed E-state index contributed by atoms with van der Waals surface area (Å²) in [4.78, 5) is 13.4. The van der Waals surface area contributed by atoms with Crippen LogP contribution in [0.25, 0.3) is 11.4 Å². The van der Waals surface area contributed by atoms with Crippen LogP contribution in [0.5, 0.6) is 0 Å². The Balaban J connectivity index is 1.81. The average molecular weight is 333 g/mol. The van der Waals surface area contributed by atoms with E-state index in [1.807, 2.05) is 48.5 Å². The van der Waals surface area contributed by atoms with Gasteiger partial charge >= 0.3 is 0 Å². The molecule has 0 aliphatic carbocycles. The molecule has 128 valence electrons. The van der Waals surface area contributed by atoms with Gasteiger partial charge in [0.1, 0.15) is 11.6 Å². The molecule has 1 aromatic carbocycles. The highest BCUT2D eigenvalue weighted by Crippen LogP contribution is 2.20. The number of benzene rings is 1. The molecule has 0 atom stereocenters. The monoisotopic (exact) mass is 333 g/mol. The number of aromatic nitrogens is 3. The molecule has 0 spiro atoms. The number of hydrogen-bond acceptors (Lipinski definition) is 5. The number of nitrogens with one attached hydrogen (secondary N) is 2. The topological polar surface area (TPSA) is 62.7 Å². The molecule has 3 aromatic rings. The lowest BCUT2D eigenvalue weighted by Crippen LogP contribution is -2.08. The van der Waals surface area contributed by atoms with Crippen molar-refractivity contribution < 1.29 is 0 Å². The highest BCUT2D eigenvalue weighted by atomic mass is 15.1. The van der Waals surface area contributed by atoms with E-state index in [0.717, 1.165) is 48.0 Å². The average Bonchev–Trinajstić information content (AvgIpc) is 2.68. The van der Waals surface area contributed by atoms with Crippen molar-refractivity contribution in [2.45, 2.75) is 26.3 Å². The third-order valence-electron chi connectivity index (χ3n) is 3.82. The zero-order valence-electron chi connectivity index (χ0n) is 14.4. The first kappa shape index (κ1) is 16.9. The summed E-state index contributed by atoms with van der Waals surface area (Å²) in [7, 11) is 0. The third-order valence-corrected chi connectivity index (χ3v) is 3.82. The quantitative estimate of drug-likeness (QED) is 0.600. The summed E-state index contributed by atoms with van der Waals surface area (Å²) in [5, 5.41) is 6.78. The lowest BCUT2D eigenvalue weighted by atomic mass is 10.2. The lowest BCUT2D eigenvalue weighted by molar-refractivity contribution is 0.830. The van der Waals surface area contributed by atoms with Gasteiger partial charge in [-0.05, 0) is 24.1 Å². The van der Waals surface area contributed by atoms with Crippen LogP contribution >= 0.6 is 0 Å². The number of rotatable bonds is 8. The van der Waals surface area contributed by atoms with Gasteiger partial charge in [0.15, 0.2) is 5.82 Å². The molecule has 2 heterocycles. The molecule has 0 aliphatic rings. The van der Waals surface area contributed by atoms with Crippen LogP contribution < -0.4 is 10.6 Å². The Labute approximate surface area is 148 Å². The van der Waals surface area contributed by atoms with E-state index >= 15 is 0 Å². The summed E-state index contributed by atoms with van der Waals surface area (Å²) >= 11 is 0. The lowest BCUT2D eigenvalue weighted by Gasteiger charge is -2.11. The Hall–Kier alpha value is -2.95. The molecule has 3 rings (SSSR count). The van der Waals surface area contributed by atoms with Gasteiger partial charge in [0.2, 0.25) is 0 Å². The fourth-order valence-corrected chi connectivity index (χ4v) is 2.43. The molecule has 0 radical (unpaired) electrons. The summed E-state index contributed by atoms with van der Waals surface area (Å²) in [6, 6.07) is 16.0. The van der Waals surface area contributed by atoms with Crippen molar-refractivity contribution in [3.8, 4) is 11.4 Å². The van der Waals surface area contributed by atoms with E-state index in [-0.39, 0.29) is 0 Å². The van der Waals surface area contributed by atoms with E-state index in [0.29, 0.717) is 6.54 Å². The van der Waals surface area contributed by atoms with E-state index in [1.165, 1.54) is 0 Å². The van der Waals surface area contributed by atoms with Crippen molar-refractivity contribution in [1.29, 1.82) is 0 Å². The van der Waals surface area contributed by atoms with Gasteiger partial charge in [0, 0.05) is 37.1 Å². The third kappa shape index (κ3) is 5.01. The molecule has 0 saturated heterocycles. The number of hydrogen-bond donors (Lipinski definition) is 2. The van der Waals surface area contributed by atoms with Crippen LogP contribution in [0, 0.1) is 0 Å². The van der Waals surface area contributed by atoms with E-state index in [2.05, 4.69) is 32.5 Å². The Kier molecular flexibility index (Phi) is 5.93. The molecule has 0 fully saturated rings. The van der Waals surface area contributed by atoms with Crippen LogP contribution in [0.3, 0.4) is 0 Å². The molecular formula is C20H23N5. The van der Waals surface area contributed by atoms with Crippen molar-refractivity contribution in [3.63, 3.8) is 0 Å². The molecule has 5 heteroatoms. The highest BCUT2D eigenvalue weighted by molar-refractivity contribution is 5.61. The van der Waals surface area contributed by atoms with Crippen molar-refractivity contribution in [1.82, 2.24) is 15.0 Å². The molecule has 0 bridgehead atoms. The van der Waals surface area contributed by atoms with Gasteiger partial charge in [-0.15, -0.1) is 0 Å². The summed E-state index contributed by atoms with van der Waals surface area (Å²) in [5.41, 5.74) is 2.17. The second kappa shape index (κ2) is 8.78. The molecule has 0 saturated carbocycles. The van der Waals surface area contributed by atoms with E-state index < -0.39 is 0 Å². The fraction of sp³-hybridized carbons (Fsp3) is 0.250. The van der Waals surface area contributed by atoms with Gasteiger partial charge in [-0.1, -0.05) is 43.7 Å². The molecule has 5 nitrogen and oxygen atoms in total. The minimum absolute atomic E-state index is 0.697. The van der Waals surface area contributed by atoms with Crippen LogP contribution in [0.1, 0.15) is 25.3 Å². The maximum atomic E-state index is 4.67. The largest absolute Gasteiger partial charge is 0.370 e. The molecule has 2 aromatic heterocycles. The summed E-state index contributed by atoms with van der Waals surface area (Å²) in [6.07, 6.45) is 5.86. The van der Waals surface area contributed by atoms with Gasteiger partial charge in [-0.25, -0.2) is 9.97 Å². The first-order valence-corrected chi connectivity index (χ1v) is 8.66. The molecular weight excluding hydrogens is 310 g/mol. The Bertz CT molecular complexity index is 775. The summed E-state index contributed by atoms with van der Waals surface area (Å²) in [6.45, 7) is 3.78. The smallest absolute Gasteiger partial charge is 0.163 e. The highest BCUT2D eigenvalue weighted by Gasteiger charge is 2.07. The second-order valence-electron chi connectivity index (χ2n) is 5.82. The van der Waals surface area contributed by atoms with Gasteiger partial charge in [0.25, 0.3) is 0 Å². The molecule has 0 amide bonds. The molecule has 0 unspecified atom stereocenters. The Morgan fingerprint density at radius 1 is 0.880 bits per heavy atom. The maximum Gasteiger partial charge on any atom is 0.163 e. The SMILES string of the molecule is CCCCNc1cc(NCc2ccncc2)nc(-c2ccccc2)n1. The van der Waals surface area contributed by atoms with Crippen LogP contribution in [-0.4, -0.2) is 21.5 Å². The molecule has 25 heavy (non-hydrogen) atoms. The number of unbranched alkanes of at least 4 members (excludes halogenated alkanes) is 1. The van der Waals surface area contributed by atoms with Crippen molar-refractivity contribution in [2.24, 2.45) is 0 Å².